The van der Waals surface area contributed by atoms with Crippen LogP contribution in [0.15, 0.2) is 35.7 Å². The van der Waals surface area contributed by atoms with Crippen molar-refractivity contribution in [3.8, 4) is 16.3 Å². The fourth-order valence-electron chi connectivity index (χ4n) is 8.17. The van der Waals surface area contributed by atoms with Gasteiger partial charge in [0.1, 0.15) is 28.3 Å². The van der Waals surface area contributed by atoms with Crippen LogP contribution < -0.4 is 20.1 Å². The summed E-state index contributed by atoms with van der Waals surface area (Å²) in [6, 6.07) is 2.25. The molecule has 2 saturated carbocycles. The molecule has 58 heavy (non-hydrogen) atoms. The highest BCUT2D eigenvalue weighted by Gasteiger charge is 2.63. The van der Waals surface area contributed by atoms with Crippen molar-refractivity contribution in [1.29, 1.82) is 0 Å². The second-order valence-electron chi connectivity index (χ2n) is 17.3. The van der Waals surface area contributed by atoms with Crippen LogP contribution >= 0.6 is 11.3 Å². The van der Waals surface area contributed by atoms with Crippen LogP contribution in [0.5, 0.6) is 5.75 Å². The third-order valence-electron chi connectivity index (χ3n) is 11.5. The summed E-state index contributed by atoms with van der Waals surface area (Å²) in [6.45, 7) is 6.24. The van der Waals surface area contributed by atoms with Gasteiger partial charge in [-0.15, -0.1) is 11.3 Å². The van der Waals surface area contributed by atoms with Crippen molar-refractivity contribution >= 4 is 51.1 Å². The number of ether oxygens (including phenoxy) is 2. The molecular weight excluding hydrogens is 792 g/mol. The highest BCUT2D eigenvalue weighted by molar-refractivity contribution is 7.91. The van der Waals surface area contributed by atoms with E-state index in [1.807, 2.05) is 32.9 Å². The Bertz CT molecular complexity index is 2100. The third-order valence-corrected chi connectivity index (χ3v) is 14.3. The molecule has 0 spiro atoms. The summed E-state index contributed by atoms with van der Waals surface area (Å²) in [4.78, 5) is 77.6. The average molecular weight is 843 g/mol. The fraction of sp³-hybridized carbons (Fsp3) is 0.600. The molecule has 3 aliphatic heterocycles. The standard InChI is InChI=1S/C40H51FN6O9S2/c1-39(2,3)22-56-38(52)43-29-11-9-7-5-6-8-10-25-17-40(25,37(51)45-58(53,54)26-13-14-26)44-33(48)32-27-20-46(18-24(27)19-47(32)36(29)50)35(49)30-21-57-34(42-30)23-12-15-31(55-4)28(41)16-23/h8,10,12,15-16,21,24-27,29,32H,5-7,9,11,13-14,17-20,22H2,1-4H3,(H,43,52)(H,44,48)(H,45,51)/b10-8-/t24-,25+,27-,29-,32-,40+/m0/s1. The Morgan fingerprint density at radius 3 is 2.57 bits per heavy atom. The summed E-state index contributed by atoms with van der Waals surface area (Å²) >= 11 is 1.18. The van der Waals surface area contributed by atoms with Crippen LogP contribution in [-0.2, 0) is 29.1 Å². The van der Waals surface area contributed by atoms with Gasteiger partial charge in [0.2, 0.25) is 21.8 Å². The second kappa shape index (κ2) is 16.2. The number of sulfonamides is 1. The van der Waals surface area contributed by atoms with Crippen molar-refractivity contribution in [2.45, 2.75) is 95.0 Å². The fourth-order valence-corrected chi connectivity index (χ4v) is 10.3. The molecule has 3 N–H and O–H groups in total. The van der Waals surface area contributed by atoms with Gasteiger partial charge in [-0.25, -0.2) is 22.6 Å². The normalized spacial score (nSPS) is 28.2. The van der Waals surface area contributed by atoms with Crippen LogP contribution in [0.3, 0.4) is 0 Å². The quantitative estimate of drug-likeness (QED) is 0.327. The van der Waals surface area contributed by atoms with Gasteiger partial charge >= 0.3 is 6.09 Å². The number of aromatic nitrogens is 1. The summed E-state index contributed by atoms with van der Waals surface area (Å²) in [5.41, 5.74) is -1.25. The molecule has 2 saturated heterocycles. The molecule has 0 radical (unpaired) electrons. The minimum absolute atomic E-state index is 0.0798. The van der Waals surface area contributed by atoms with E-state index in [1.54, 1.807) is 16.3 Å². The Morgan fingerprint density at radius 2 is 1.86 bits per heavy atom. The van der Waals surface area contributed by atoms with E-state index in [1.165, 1.54) is 35.5 Å². The first-order valence-corrected chi connectivity index (χ1v) is 22.3. The molecule has 2 aliphatic carbocycles. The first kappa shape index (κ1) is 41.6. The van der Waals surface area contributed by atoms with Crippen molar-refractivity contribution in [2.75, 3.05) is 33.4 Å². The highest BCUT2D eigenvalue weighted by Crippen LogP contribution is 2.47. The topological polar surface area (TPSA) is 193 Å². The Balaban J connectivity index is 1.16. The lowest BCUT2D eigenvalue weighted by Crippen LogP contribution is -2.60. The number of amides is 5. The molecule has 0 bridgehead atoms. The van der Waals surface area contributed by atoms with Crippen molar-refractivity contribution in [3.63, 3.8) is 0 Å². The number of alkyl carbamates (subject to hydrolysis) is 1. The number of halogens is 1. The lowest BCUT2D eigenvalue weighted by atomic mass is 9.93. The summed E-state index contributed by atoms with van der Waals surface area (Å²) in [5, 5.41) is 7.02. The van der Waals surface area contributed by atoms with Gasteiger partial charge in [0.25, 0.3) is 11.8 Å². The van der Waals surface area contributed by atoms with Gasteiger partial charge in [0.05, 0.1) is 19.0 Å². The number of hydrogen-bond donors (Lipinski definition) is 3. The van der Waals surface area contributed by atoms with E-state index in [-0.39, 0.29) is 55.4 Å². The van der Waals surface area contributed by atoms with Gasteiger partial charge in [-0.1, -0.05) is 45.8 Å². The molecule has 1 aromatic heterocycles. The van der Waals surface area contributed by atoms with Crippen molar-refractivity contribution < 1.29 is 46.3 Å². The number of likely N-dealkylation sites (tertiary alicyclic amines) is 1. The van der Waals surface area contributed by atoms with E-state index in [0.29, 0.717) is 42.7 Å². The number of nitrogens with one attached hydrogen (secondary N) is 3. The summed E-state index contributed by atoms with van der Waals surface area (Å²) in [6.07, 6.45) is 7.20. The van der Waals surface area contributed by atoms with Gasteiger partial charge < -0.3 is 29.9 Å². The number of benzene rings is 1. The van der Waals surface area contributed by atoms with Crippen molar-refractivity contribution in [1.82, 2.24) is 30.1 Å². The minimum atomic E-state index is -3.93. The monoisotopic (exact) mass is 842 g/mol. The molecule has 0 unspecified atom stereocenters. The van der Waals surface area contributed by atoms with Gasteiger partial charge in [0.15, 0.2) is 11.6 Å². The number of allylic oxidation sites excluding steroid dienone is 1. The van der Waals surface area contributed by atoms with E-state index in [2.05, 4.69) is 20.3 Å². The number of rotatable bonds is 8. The molecule has 1 aromatic carbocycles. The molecule has 2 aromatic rings. The van der Waals surface area contributed by atoms with Crippen LogP contribution in [0.4, 0.5) is 9.18 Å². The maximum atomic E-state index is 14.7. The molecule has 6 atom stereocenters. The smallest absolute Gasteiger partial charge is 0.407 e. The van der Waals surface area contributed by atoms with Crippen LogP contribution in [-0.4, -0.2) is 109 Å². The van der Waals surface area contributed by atoms with Crippen molar-refractivity contribution in [3.05, 3.63) is 47.2 Å². The Morgan fingerprint density at radius 1 is 1.09 bits per heavy atom. The first-order valence-electron chi connectivity index (χ1n) is 19.9. The maximum absolute atomic E-state index is 14.7. The molecule has 4 fully saturated rings. The third kappa shape index (κ3) is 8.87. The molecular formula is C40H51FN6O9S2. The van der Waals surface area contributed by atoms with E-state index in [9.17, 15) is 36.8 Å². The zero-order valence-corrected chi connectivity index (χ0v) is 34.8. The molecule has 7 rings (SSSR count). The predicted molar refractivity (Wildman–Crippen MR) is 211 cm³/mol. The number of nitrogens with zero attached hydrogens (tertiary/aromatic N) is 3. The molecule has 314 valence electrons. The van der Waals surface area contributed by atoms with Crippen LogP contribution in [0.1, 0.15) is 82.6 Å². The molecule has 15 nitrogen and oxygen atoms in total. The Kier molecular flexibility index (Phi) is 11.6. The molecule has 18 heteroatoms. The number of thiazole rings is 1. The van der Waals surface area contributed by atoms with E-state index >= 15 is 0 Å². The van der Waals surface area contributed by atoms with Crippen LogP contribution in [0.25, 0.3) is 10.6 Å². The van der Waals surface area contributed by atoms with Gasteiger partial charge in [-0.3, -0.25) is 23.9 Å². The van der Waals surface area contributed by atoms with Crippen LogP contribution in [0.2, 0.25) is 0 Å². The minimum Gasteiger partial charge on any atom is -0.494 e. The highest BCUT2D eigenvalue weighted by atomic mass is 32.2. The largest absolute Gasteiger partial charge is 0.494 e. The van der Waals surface area contributed by atoms with Gasteiger partial charge in [-0.05, 0) is 62.1 Å². The van der Waals surface area contributed by atoms with E-state index in [0.717, 1.165) is 12.8 Å². The van der Waals surface area contributed by atoms with E-state index < -0.39 is 80.3 Å². The zero-order valence-electron chi connectivity index (χ0n) is 33.1. The number of hydrogen-bond acceptors (Lipinski definition) is 11. The zero-order chi connectivity index (χ0) is 41.6. The number of carbonyl (C=O) groups is 5. The predicted octanol–water partition coefficient (Wildman–Crippen LogP) is 4.00. The van der Waals surface area contributed by atoms with Crippen molar-refractivity contribution in [2.24, 2.45) is 23.2 Å². The SMILES string of the molecule is COc1ccc(-c2nc(C(=O)N3C[C@H]4CN5C(=O)[C@@H](NC(=O)OCC(C)(C)C)CCCCC/C=C\[C@@H]6C[C@@]6(C(=O)NS(=O)(=O)C6CC6)NC(=O)[C@@H]5[C@H]4C3)cs2)cc1F. The second-order valence-corrected chi connectivity index (χ2v) is 20.1. The summed E-state index contributed by atoms with van der Waals surface area (Å²) in [5.74, 6) is -4.20. The molecule has 5 amide bonds. The molecule has 5 aliphatic rings. The molecule has 4 heterocycles. The first-order chi connectivity index (χ1) is 27.5. The van der Waals surface area contributed by atoms with E-state index in [4.69, 9.17) is 9.47 Å². The van der Waals surface area contributed by atoms with Gasteiger partial charge in [0, 0.05) is 48.3 Å². The maximum Gasteiger partial charge on any atom is 0.407 e. The summed E-state index contributed by atoms with van der Waals surface area (Å²) < 4.78 is 53.0. The summed E-state index contributed by atoms with van der Waals surface area (Å²) in [7, 11) is -2.57. The Hall–Kier alpha value is -4.58. The number of methoxy groups -OCH3 is 1. The van der Waals surface area contributed by atoms with Crippen LogP contribution in [0, 0.1) is 29.0 Å². The lowest BCUT2D eigenvalue weighted by molar-refractivity contribution is -0.142. The Labute approximate surface area is 341 Å². The lowest BCUT2D eigenvalue weighted by Gasteiger charge is -2.33. The average Bonchev–Trinajstić information content (AvgIpc) is 3.99. The number of carbonyl (C=O) groups excluding carboxylic acids is 5. The number of fused-ring (bicyclic) bond motifs is 4. The van der Waals surface area contributed by atoms with Gasteiger partial charge in [-0.2, -0.15) is 0 Å².